The van der Waals surface area contributed by atoms with Crippen LogP contribution in [0.25, 0.3) is 0 Å². The summed E-state index contributed by atoms with van der Waals surface area (Å²) < 4.78 is 25.6. The summed E-state index contributed by atoms with van der Waals surface area (Å²) in [5.41, 5.74) is 0. The van der Waals surface area contributed by atoms with Crippen LogP contribution in [0.5, 0.6) is 0 Å². The maximum Gasteiger partial charge on any atom is 1.00 e. The first kappa shape index (κ1) is 31.0. The average molecular weight is 326 g/mol. The van der Waals surface area contributed by atoms with Crippen molar-refractivity contribution >= 4 is 23.5 Å². The van der Waals surface area contributed by atoms with Gasteiger partial charge in [0.1, 0.15) is 0 Å². The number of rotatable bonds is 0. The van der Waals surface area contributed by atoms with E-state index in [2.05, 4.69) is 0 Å². The second kappa shape index (κ2) is 12.3. The van der Waals surface area contributed by atoms with Crippen LogP contribution in [0.1, 0.15) is 0 Å². The summed E-state index contributed by atoms with van der Waals surface area (Å²) in [6, 6.07) is 0. The predicted octanol–water partition coefficient (Wildman–Crippen LogP) is -12.3. The van der Waals surface area contributed by atoms with Gasteiger partial charge < -0.3 is 63.2 Å². The van der Waals surface area contributed by atoms with Crippen LogP contribution in [-0.2, 0) is 13.7 Å². The molecule has 0 atom stereocenters. The SMILES string of the molecule is O.O=P([O-])([O-])[O-].O=P([O-])([O-])[O-].O=P([O-])([O-])[O-].[Na+]. The van der Waals surface area contributed by atoms with Crippen molar-refractivity contribution in [2.24, 2.45) is 0 Å². The molecule has 0 bridgehead atoms. The molecule has 0 amide bonds. The van der Waals surface area contributed by atoms with E-state index in [9.17, 15) is 0 Å². The van der Waals surface area contributed by atoms with Crippen molar-refractivity contribution in [1.29, 1.82) is 0 Å². The van der Waals surface area contributed by atoms with Gasteiger partial charge >= 0.3 is 29.6 Å². The Labute approximate surface area is 116 Å². The van der Waals surface area contributed by atoms with Gasteiger partial charge in [0.25, 0.3) is 0 Å². The van der Waals surface area contributed by atoms with Crippen molar-refractivity contribution in [3.8, 4) is 0 Å². The smallest absolute Gasteiger partial charge is 0.822 e. The molecule has 0 aromatic heterocycles. The van der Waals surface area contributed by atoms with Crippen LogP contribution >= 0.6 is 23.5 Å². The van der Waals surface area contributed by atoms with Crippen LogP contribution in [0, 0.1) is 0 Å². The zero-order valence-corrected chi connectivity index (χ0v) is 12.4. The molecule has 0 unspecified atom stereocenters. The third-order valence-corrected chi connectivity index (χ3v) is 0. The van der Waals surface area contributed by atoms with Gasteiger partial charge in [-0.15, -0.1) is 0 Å². The summed E-state index contributed by atoms with van der Waals surface area (Å²) in [6.07, 6.45) is 0. The van der Waals surface area contributed by atoms with Gasteiger partial charge in [-0.2, -0.15) is 23.5 Å². The molecule has 0 saturated carbocycles. The molecule has 0 aromatic carbocycles. The quantitative estimate of drug-likeness (QED) is 0.296. The fraction of sp³-hybridized carbons (Fsp3) is 0. The number of hydrogen-bond acceptors (Lipinski definition) is 12. The molecule has 0 rings (SSSR count). The van der Waals surface area contributed by atoms with E-state index < -0.39 is 23.5 Å². The van der Waals surface area contributed by atoms with E-state index in [1.165, 1.54) is 0 Å². The first-order chi connectivity index (χ1) is 6.00. The van der Waals surface area contributed by atoms with E-state index >= 15 is 0 Å². The normalized spacial score (nSPS) is 10.4. The minimum Gasteiger partial charge on any atom is -0.822 e. The first-order valence-electron chi connectivity index (χ1n) is 2.19. The van der Waals surface area contributed by atoms with Crippen LogP contribution in [0.3, 0.4) is 0 Å². The molecule has 17 heavy (non-hydrogen) atoms. The van der Waals surface area contributed by atoms with Gasteiger partial charge in [0.2, 0.25) is 0 Å². The summed E-state index contributed by atoms with van der Waals surface area (Å²) in [6.45, 7) is 0. The van der Waals surface area contributed by atoms with Gasteiger partial charge in [-0.25, -0.2) is 0 Å². The van der Waals surface area contributed by atoms with Crippen LogP contribution in [0.2, 0.25) is 0 Å². The van der Waals surface area contributed by atoms with Gasteiger partial charge in [0.05, 0.1) is 0 Å². The van der Waals surface area contributed by atoms with E-state index in [4.69, 9.17) is 57.7 Å². The Kier molecular flexibility index (Phi) is 22.5. The van der Waals surface area contributed by atoms with Crippen LogP contribution in [0.15, 0.2) is 0 Å². The average Bonchev–Trinajstić information content (AvgIpc) is 1.41. The Balaban J connectivity index is -0.0000000400. The molecule has 0 aliphatic rings. The van der Waals surface area contributed by atoms with Gasteiger partial charge in [-0.1, -0.05) is 0 Å². The Hall–Kier alpha value is 1.29. The molecule has 0 radical (unpaired) electrons. The predicted molar refractivity (Wildman–Crippen MR) is 26.4 cm³/mol. The van der Waals surface area contributed by atoms with Crippen molar-refractivity contribution in [3.63, 3.8) is 0 Å². The summed E-state index contributed by atoms with van der Waals surface area (Å²) in [5, 5.41) is 0. The Morgan fingerprint density at radius 1 is 0.471 bits per heavy atom. The standard InChI is InChI=1S/Na.3H3O4P.H2O/c;3*1-5(2,3)4;/h;3*(H3,1,2,3,4);1H2/q+1;;;;/p-9. The summed E-state index contributed by atoms with van der Waals surface area (Å²) >= 11 is 0. The summed E-state index contributed by atoms with van der Waals surface area (Å²) in [4.78, 5) is 76.9. The largest absolute Gasteiger partial charge is 1.00 e. The molecule has 0 aromatic rings. The number of hydrogen-bond donors (Lipinski definition) is 0. The van der Waals surface area contributed by atoms with Crippen molar-refractivity contribution in [3.05, 3.63) is 0 Å². The first-order valence-corrected chi connectivity index (χ1v) is 6.57. The Morgan fingerprint density at radius 3 is 0.471 bits per heavy atom. The molecular formula is H2NaO13P3-8. The van der Waals surface area contributed by atoms with E-state index in [0.29, 0.717) is 0 Å². The van der Waals surface area contributed by atoms with Crippen LogP contribution in [0.4, 0.5) is 0 Å². The topological polar surface area (TPSA) is 290 Å². The van der Waals surface area contributed by atoms with Gasteiger partial charge in [-0.05, 0) is 0 Å². The third-order valence-electron chi connectivity index (χ3n) is 0. The van der Waals surface area contributed by atoms with Crippen LogP contribution < -0.4 is 73.6 Å². The minimum absolute atomic E-state index is 0. The second-order valence-corrected chi connectivity index (χ2v) is 4.02. The van der Waals surface area contributed by atoms with Crippen LogP contribution in [-0.4, -0.2) is 5.48 Å². The molecule has 13 nitrogen and oxygen atoms in total. The summed E-state index contributed by atoms with van der Waals surface area (Å²) in [5.74, 6) is 0. The molecule has 0 heterocycles. The van der Waals surface area contributed by atoms with E-state index in [0.717, 1.165) is 0 Å². The molecule has 104 valence electrons. The molecule has 0 spiro atoms. The molecule has 0 fully saturated rings. The molecule has 17 heteroatoms. The molecule has 0 aliphatic heterocycles. The van der Waals surface area contributed by atoms with Gasteiger partial charge in [-0.3, -0.25) is 0 Å². The zero-order valence-electron chi connectivity index (χ0n) is 7.74. The third kappa shape index (κ3) is 2430. The Bertz CT molecular complexity index is 203. The molecular weight excluding hydrogens is 324 g/mol. The van der Waals surface area contributed by atoms with Crippen molar-refractivity contribution in [2.75, 3.05) is 0 Å². The van der Waals surface area contributed by atoms with Gasteiger partial charge in [0, 0.05) is 0 Å². The van der Waals surface area contributed by atoms with Gasteiger partial charge in [0.15, 0.2) is 0 Å². The van der Waals surface area contributed by atoms with Crippen molar-refractivity contribution < 1.29 is 92.8 Å². The molecule has 0 saturated heterocycles. The minimum atomic E-state index is -5.39. The molecule has 2 N–H and O–H groups in total. The number of phosphoric acid groups is 3. The second-order valence-electron chi connectivity index (χ2n) is 1.34. The maximum atomic E-state index is 8.55. The van der Waals surface area contributed by atoms with E-state index in [-0.39, 0.29) is 35.0 Å². The zero-order chi connectivity index (χ0) is 13.5. The van der Waals surface area contributed by atoms with E-state index in [1.54, 1.807) is 0 Å². The maximum absolute atomic E-state index is 8.55. The van der Waals surface area contributed by atoms with Crippen molar-refractivity contribution in [1.82, 2.24) is 0 Å². The molecule has 0 aliphatic carbocycles. The fourth-order valence-corrected chi connectivity index (χ4v) is 0. The van der Waals surface area contributed by atoms with E-state index in [1.807, 2.05) is 0 Å². The monoisotopic (exact) mass is 326 g/mol. The summed E-state index contributed by atoms with van der Waals surface area (Å²) in [7, 11) is -16.2. The van der Waals surface area contributed by atoms with Crippen molar-refractivity contribution in [2.45, 2.75) is 0 Å². The fourth-order valence-electron chi connectivity index (χ4n) is 0. The Morgan fingerprint density at radius 2 is 0.471 bits per heavy atom.